The van der Waals surface area contributed by atoms with Gasteiger partial charge in [0.25, 0.3) is 5.56 Å². The van der Waals surface area contributed by atoms with Crippen LogP contribution in [0.4, 0.5) is 0 Å². The van der Waals surface area contributed by atoms with E-state index in [0.717, 1.165) is 24.1 Å². The number of amides is 1. The van der Waals surface area contributed by atoms with E-state index in [1.807, 2.05) is 48.0 Å². The second-order valence-electron chi connectivity index (χ2n) is 9.78. The van der Waals surface area contributed by atoms with E-state index in [9.17, 15) is 14.7 Å². The van der Waals surface area contributed by atoms with Crippen LogP contribution in [-0.2, 0) is 24.2 Å². The minimum absolute atomic E-state index is 0.00312. The highest BCUT2D eigenvalue weighted by atomic mass is 16.3. The third kappa shape index (κ3) is 3.22. The SMILES string of the molecule is CN1[C@H](C(=O)NC2Cc3ccccc3C2)[C@@H](CO)[C@@H]2Cn3c(ccc(-c4cccnc4)c3=O)[C@@H]21. The van der Waals surface area contributed by atoms with Crippen molar-refractivity contribution in [2.75, 3.05) is 13.7 Å². The van der Waals surface area contributed by atoms with E-state index in [2.05, 4.69) is 27.3 Å². The number of carbonyl (C=O) groups is 1. The highest BCUT2D eigenvalue weighted by molar-refractivity contribution is 5.83. The predicted molar refractivity (Wildman–Crippen MR) is 128 cm³/mol. The number of nitrogens with one attached hydrogen (secondary N) is 1. The quantitative estimate of drug-likeness (QED) is 0.625. The number of pyridine rings is 2. The van der Waals surface area contributed by atoms with Crippen molar-refractivity contribution in [1.82, 2.24) is 19.8 Å². The van der Waals surface area contributed by atoms with Crippen LogP contribution in [-0.4, -0.2) is 51.2 Å². The third-order valence-corrected chi connectivity index (χ3v) is 7.99. The molecule has 1 aromatic carbocycles. The fourth-order valence-corrected chi connectivity index (χ4v) is 6.46. The maximum absolute atomic E-state index is 13.4. The van der Waals surface area contributed by atoms with Gasteiger partial charge in [0.1, 0.15) is 0 Å². The van der Waals surface area contributed by atoms with E-state index in [-0.39, 0.29) is 42.0 Å². The summed E-state index contributed by atoms with van der Waals surface area (Å²) < 4.78 is 1.82. The van der Waals surface area contributed by atoms with Crippen LogP contribution in [0.2, 0.25) is 0 Å². The topological polar surface area (TPSA) is 87.5 Å². The van der Waals surface area contributed by atoms with Crippen LogP contribution in [0, 0.1) is 11.8 Å². The number of benzene rings is 1. The molecule has 0 spiro atoms. The molecule has 4 atom stereocenters. The van der Waals surface area contributed by atoms with Gasteiger partial charge in [0, 0.05) is 60.2 Å². The number of aromatic nitrogens is 2. The van der Waals surface area contributed by atoms with Crippen LogP contribution in [0.3, 0.4) is 0 Å². The molecule has 7 nitrogen and oxygen atoms in total. The molecule has 3 aliphatic rings. The summed E-state index contributed by atoms with van der Waals surface area (Å²) in [6.07, 6.45) is 5.06. The summed E-state index contributed by atoms with van der Waals surface area (Å²) in [5.74, 6) is -0.266. The molecule has 2 aliphatic heterocycles. The van der Waals surface area contributed by atoms with Crippen molar-refractivity contribution >= 4 is 5.91 Å². The molecule has 1 aliphatic carbocycles. The maximum atomic E-state index is 13.4. The van der Waals surface area contributed by atoms with Gasteiger partial charge >= 0.3 is 0 Å². The Kier molecular flexibility index (Phi) is 5.12. The molecule has 0 radical (unpaired) electrons. The van der Waals surface area contributed by atoms with Crippen LogP contribution in [0.1, 0.15) is 22.9 Å². The number of aliphatic hydroxyl groups excluding tert-OH is 1. The Balaban J connectivity index is 1.26. The van der Waals surface area contributed by atoms with Gasteiger partial charge in [0.15, 0.2) is 0 Å². The lowest BCUT2D eigenvalue weighted by molar-refractivity contribution is -0.127. The first-order chi connectivity index (χ1) is 16.6. The Morgan fingerprint density at radius 3 is 2.56 bits per heavy atom. The van der Waals surface area contributed by atoms with Crippen molar-refractivity contribution in [3.8, 4) is 11.1 Å². The number of fused-ring (bicyclic) bond motifs is 4. The number of rotatable bonds is 4. The Labute approximate surface area is 198 Å². The lowest BCUT2D eigenvalue weighted by Crippen LogP contribution is -2.50. The summed E-state index contributed by atoms with van der Waals surface area (Å²) in [6.45, 7) is 0.411. The lowest BCUT2D eigenvalue weighted by atomic mass is 9.88. The Hall–Kier alpha value is -3.29. The van der Waals surface area contributed by atoms with Gasteiger partial charge in [-0.1, -0.05) is 30.3 Å². The second kappa shape index (κ2) is 8.18. The fourth-order valence-electron chi connectivity index (χ4n) is 6.46. The number of likely N-dealkylation sites (N-methyl/N-ethyl adjacent to an activating group) is 1. The van der Waals surface area contributed by atoms with E-state index in [0.29, 0.717) is 12.1 Å². The van der Waals surface area contributed by atoms with Crippen LogP contribution >= 0.6 is 0 Å². The normalized spacial score (nSPS) is 25.7. The van der Waals surface area contributed by atoms with E-state index in [1.54, 1.807) is 12.4 Å². The summed E-state index contributed by atoms with van der Waals surface area (Å²) in [7, 11) is 1.94. The van der Waals surface area contributed by atoms with Gasteiger partial charge in [0.2, 0.25) is 5.91 Å². The molecule has 3 aromatic rings. The molecule has 0 bridgehead atoms. The first-order valence-electron chi connectivity index (χ1n) is 11.9. The van der Waals surface area contributed by atoms with Crippen LogP contribution in [0.5, 0.6) is 0 Å². The van der Waals surface area contributed by atoms with Crippen molar-refractivity contribution in [1.29, 1.82) is 0 Å². The molecule has 0 unspecified atom stereocenters. The van der Waals surface area contributed by atoms with E-state index < -0.39 is 6.04 Å². The molecule has 174 valence electrons. The summed E-state index contributed by atoms with van der Waals surface area (Å²) in [6, 6.07) is 15.5. The number of hydrogen-bond acceptors (Lipinski definition) is 5. The molecule has 34 heavy (non-hydrogen) atoms. The Bertz CT molecular complexity index is 1280. The lowest BCUT2D eigenvalue weighted by Gasteiger charge is -2.28. The predicted octanol–water partition coefficient (Wildman–Crippen LogP) is 1.79. The molecule has 1 amide bonds. The number of likely N-dealkylation sites (tertiary alicyclic amines) is 1. The summed E-state index contributed by atoms with van der Waals surface area (Å²) in [5, 5.41) is 13.6. The van der Waals surface area contributed by atoms with E-state index >= 15 is 0 Å². The van der Waals surface area contributed by atoms with Crippen molar-refractivity contribution in [3.05, 3.63) is 88.1 Å². The van der Waals surface area contributed by atoms with Gasteiger partial charge in [-0.3, -0.25) is 19.5 Å². The van der Waals surface area contributed by atoms with Crippen molar-refractivity contribution in [2.24, 2.45) is 11.8 Å². The van der Waals surface area contributed by atoms with Crippen molar-refractivity contribution < 1.29 is 9.90 Å². The van der Waals surface area contributed by atoms with Gasteiger partial charge in [-0.15, -0.1) is 0 Å². The molecule has 2 N–H and O–H groups in total. The number of nitrogens with zero attached hydrogens (tertiary/aromatic N) is 3. The minimum Gasteiger partial charge on any atom is -0.396 e. The van der Waals surface area contributed by atoms with Crippen LogP contribution in [0.15, 0.2) is 65.7 Å². The zero-order valence-corrected chi connectivity index (χ0v) is 19.1. The average molecular weight is 457 g/mol. The highest BCUT2D eigenvalue weighted by Crippen LogP contribution is 2.48. The Morgan fingerprint density at radius 2 is 1.88 bits per heavy atom. The molecule has 6 rings (SSSR count). The number of carbonyl (C=O) groups excluding carboxylic acids is 1. The summed E-state index contributed by atoms with van der Waals surface area (Å²) in [4.78, 5) is 33.0. The van der Waals surface area contributed by atoms with Crippen LogP contribution < -0.4 is 10.9 Å². The van der Waals surface area contributed by atoms with Gasteiger partial charge in [0.05, 0.1) is 12.1 Å². The van der Waals surface area contributed by atoms with Gasteiger partial charge in [-0.2, -0.15) is 0 Å². The number of aliphatic hydroxyl groups is 1. The Morgan fingerprint density at radius 1 is 1.12 bits per heavy atom. The first kappa shape index (κ1) is 21.3. The third-order valence-electron chi connectivity index (χ3n) is 7.99. The molecule has 7 heteroatoms. The zero-order valence-electron chi connectivity index (χ0n) is 19.1. The molecule has 2 aromatic heterocycles. The maximum Gasteiger partial charge on any atom is 0.258 e. The molecular formula is C27H28N4O3. The monoisotopic (exact) mass is 456 g/mol. The van der Waals surface area contributed by atoms with Gasteiger partial charge in [-0.25, -0.2) is 0 Å². The summed E-state index contributed by atoms with van der Waals surface area (Å²) >= 11 is 0. The molecular weight excluding hydrogens is 428 g/mol. The van der Waals surface area contributed by atoms with Crippen molar-refractivity contribution in [2.45, 2.75) is 37.5 Å². The minimum atomic E-state index is -0.425. The largest absolute Gasteiger partial charge is 0.396 e. The van der Waals surface area contributed by atoms with Crippen LogP contribution in [0.25, 0.3) is 11.1 Å². The molecule has 0 saturated carbocycles. The zero-order chi connectivity index (χ0) is 23.4. The smallest absolute Gasteiger partial charge is 0.258 e. The van der Waals surface area contributed by atoms with Gasteiger partial charge in [-0.05, 0) is 49.2 Å². The standard InChI is InChI=1S/C27H28N4O3/c1-30-24-21(14-31-23(24)9-8-20(27(31)34)18-7-4-10-28-13-18)22(15-32)25(30)26(33)29-19-11-16-5-2-3-6-17(16)12-19/h2-10,13,19,21-22,24-25,32H,11-12,14-15H2,1H3,(H,29,33)/t21-,22-,24+,25-/m0/s1. The second-order valence-corrected chi connectivity index (χ2v) is 9.78. The van der Waals surface area contributed by atoms with E-state index in [4.69, 9.17) is 0 Å². The highest BCUT2D eigenvalue weighted by Gasteiger charge is 2.54. The summed E-state index contributed by atoms with van der Waals surface area (Å²) in [5.41, 5.74) is 4.86. The fraction of sp³-hybridized carbons (Fsp3) is 0.370. The van der Waals surface area contributed by atoms with E-state index in [1.165, 1.54) is 11.1 Å². The van der Waals surface area contributed by atoms with Crippen molar-refractivity contribution in [3.63, 3.8) is 0 Å². The first-order valence-corrected chi connectivity index (χ1v) is 11.9. The molecule has 1 fully saturated rings. The average Bonchev–Trinajstić information content (AvgIpc) is 3.51. The number of hydrogen-bond donors (Lipinski definition) is 2. The molecule has 4 heterocycles. The van der Waals surface area contributed by atoms with Gasteiger partial charge < -0.3 is 15.0 Å². The molecule has 1 saturated heterocycles.